The molecular weight excluding hydrogens is 286 g/mol. The van der Waals surface area contributed by atoms with Crippen LogP contribution < -0.4 is 5.32 Å². The van der Waals surface area contributed by atoms with Crippen molar-refractivity contribution in [2.45, 2.75) is 30.4 Å². The fourth-order valence-electron chi connectivity index (χ4n) is 2.42. The SMILES string of the molecule is CSC1(CNc2nc(Cl)ccc2[N+](=O)[O-])CCCC1. The predicted octanol–water partition coefficient (Wildman–Crippen LogP) is 3.73. The van der Waals surface area contributed by atoms with Crippen LogP contribution in [0.2, 0.25) is 5.15 Å². The van der Waals surface area contributed by atoms with Crippen LogP contribution >= 0.6 is 23.4 Å². The highest BCUT2D eigenvalue weighted by molar-refractivity contribution is 8.00. The van der Waals surface area contributed by atoms with E-state index in [1.165, 1.54) is 25.0 Å². The fraction of sp³-hybridized carbons (Fsp3) is 0.583. The summed E-state index contributed by atoms with van der Waals surface area (Å²) in [5.74, 6) is 0.262. The molecule has 0 saturated heterocycles. The molecule has 7 heteroatoms. The Morgan fingerprint density at radius 1 is 1.53 bits per heavy atom. The van der Waals surface area contributed by atoms with E-state index in [2.05, 4.69) is 16.6 Å². The Morgan fingerprint density at radius 3 is 2.79 bits per heavy atom. The van der Waals surface area contributed by atoms with Gasteiger partial charge in [0.2, 0.25) is 5.82 Å². The van der Waals surface area contributed by atoms with E-state index in [1.807, 2.05) is 11.8 Å². The first-order chi connectivity index (χ1) is 9.06. The van der Waals surface area contributed by atoms with Crippen molar-refractivity contribution in [3.8, 4) is 0 Å². The summed E-state index contributed by atoms with van der Waals surface area (Å²) in [5, 5.41) is 14.3. The molecule has 0 atom stereocenters. The van der Waals surface area contributed by atoms with Crippen molar-refractivity contribution >= 4 is 34.9 Å². The van der Waals surface area contributed by atoms with E-state index in [4.69, 9.17) is 11.6 Å². The fourth-order valence-corrected chi connectivity index (χ4v) is 3.48. The van der Waals surface area contributed by atoms with Crippen molar-refractivity contribution in [2.75, 3.05) is 18.1 Å². The van der Waals surface area contributed by atoms with Gasteiger partial charge in [0.25, 0.3) is 0 Å². The number of pyridine rings is 1. The van der Waals surface area contributed by atoms with Crippen molar-refractivity contribution in [3.63, 3.8) is 0 Å². The molecule has 1 aromatic rings. The van der Waals surface area contributed by atoms with Crippen LogP contribution in [0.25, 0.3) is 0 Å². The molecule has 1 fully saturated rings. The summed E-state index contributed by atoms with van der Waals surface area (Å²) in [6.07, 6.45) is 6.79. The Kier molecular flexibility index (Phi) is 4.52. The summed E-state index contributed by atoms with van der Waals surface area (Å²) in [4.78, 5) is 14.5. The third kappa shape index (κ3) is 3.30. The standard InChI is InChI=1S/C12H16ClN3O2S/c1-19-12(6-2-3-7-12)8-14-11-9(16(17)18)4-5-10(13)15-11/h4-5H,2-3,6-8H2,1H3,(H,14,15). The summed E-state index contributed by atoms with van der Waals surface area (Å²) >= 11 is 7.63. The number of hydrogen-bond donors (Lipinski definition) is 1. The molecule has 1 N–H and O–H groups in total. The van der Waals surface area contributed by atoms with Crippen LogP contribution in [0.4, 0.5) is 11.5 Å². The molecule has 0 spiro atoms. The Hall–Kier alpha value is -1.01. The van der Waals surface area contributed by atoms with E-state index < -0.39 is 4.92 Å². The molecule has 104 valence electrons. The monoisotopic (exact) mass is 301 g/mol. The van der Waals surface area contributed by atoms with Gasteiger partial charge in [-0.05, 0) is 25.2 Å². The van der Waals surface area contributed by atoms with Gasteiger partial charge in [-0.2, -0.15) is 11.8 Å². The first kappa shape index (κ1) is 14.4. The maximum Gasteiger partial charge on any atom is 0.311 e. The molecule has 1 aliphatic carbocycles. The van der Waals surface area contributed by atoms with Crippen LogP contribution in [0.5, 0.6) is 0 Å². The highest BCUT2D eigenvalue weighted by atomic mass is 35.5. The topological polar surface area (TPSA) is 68.1 Å². The molecule has 1 aromatic heterocycles. The second kappa shape index (κ2) is 5.96. The van der Waals surface area contributed by atoms with E-state index >= 15 is 0 Å². The summed E-state index contributed by atoms with van der Waals surface area (Å²) in [6, 6.07) is 2.82. The maximum absolute atomic E-state index is 11.0. The van der Waals surface area contributed by atoms with Crippen LogP contribution in [0.15, 0.2) is 12.1 Å². The average Bonchev–Trinajstić information content (AvgIpc) is 2.85. The number of rotatable bonds is 5. The zero-order valence-electron chi connectivity index (χ0n) is 10.7. The minimum atomic E-state index is -0.438. The lowest BCUT2D eigenvalue weighted by atomic mass is 10.1. The molecule has 0 aliphatic heterocycles. The van der Waals surface area contributed by atoms with Gasteiger partial charge in [-0.1, -0.05) is 24.4 Å². The molecule has 1 saturated carbocycles. The number of nitrogens with one attached hydrogen (secondary N) is 1. The number of thioether (sulfide) groups is 1. The normalized spacial score (nSPS) is 17.4. The van der Waals surface area contributed by atoms with Crippen LogP contribution in [-0.2, 0) is 0 Å². The zero-order valence-corrected chi connectivity index (χ0v) is 12.3. The van der Waals surface area contributed by atoms with E-state index in [0.29, 0.717) is 6.54 Å². The third-order valence-corrected chi connectivity index (χ3v) is 5.19. The molecule has 1 heterocycles. The van der Waals surface area contributed by atoms with Gasteiger partial charge in [0.1, 0.15) is 5.15 Å². The van der Waals surface area contributed by atoms with Crippen molar-refractivity contribution in [1.82, 2.24) is 4.98 Å². The van der Waals surface area contributed by atoms with Crippen LogP contribution in [0.1, 0.15) is 25.7 Å². The highest BCUT2D eigenvalue weighted by Gasteiger charge is 2.33. The number of halogens is 1. The zero-order chi connectivity index (χ0) is 13.9. The molecule has 0 bridgehead atoms. The van der Waals surface area contributed by atoms with Crippen molar-refractivity contribution in [3.05, 3.63) is 27.4 Å². The van der Waals surface area contributed by atoms with Gasteiger partial charge < -0.3 is 5.32 Å². The van der Waals surface area contributed by atoms with Crippen LogP contribution in [0, 0.1) is 10.1 Å². The van der Waals surface area contributed by atoms with E-state index in [0.717, 1.165) is 12.8 Å². The molecule has 0 amide bonds. The second-order valence-corrected chi connectivity index (χ2v) is 6.37. The second-order valence-electron chi connectivity index (χ2n) is 4.71. The minimum absolute atomic E-state index is 0.0290. The highest BCUT2D eigenvalue weighted by Crippen LogP contribution is 2.40. The van der Waals surface area contributed by atoms with Gasteiger partial charge in [-0.3, -0.25) is 10.1 Å². The molecular formula is C12H16ClN3O2S. The molecule has 1 aliphatic rings. The number of nitrogens with zero attached hydrogens (tertiary/aromatic N) is 2. The largest absolute Gasteiger partial charge is 0.363 e. The Bertz CT molecular complexity index is 478. The summed E-state index contributed by atoms with van der Waals surface area (Å²) in [6.45, 7) is 0.683. The van der Waals surface area contributed by atoms with Gasteiger partial charge in [-0.25, -0.2) is 4.98 Å². The van der Waals surface area contributed by atoms with Crippen molar-refractivity contribution in [2.24, 2.45) is 0 Å². The average molecular weight is 302 g/mol. The van der Waals surface area contributed by atoms with Gasteiger partial charge in [-0.15, -0.1) is 0 Å². The summed E-state index contributed by atoms with van der Waals surface area (Å²) < 4.78 is 0.165. The van der Waals surface area contributed by atoms with Gasteiger partial charge in [0.05, 0.1) is 4.92 Å². The summed E-state index contributed by atoms with van der Waals surface area (Å²) in [5.41, 5.74) is -0.0290. The lowest BCUT2D eigenvalue weighted by Crippen LogP contribution is -2.30. The van der Waals surface area contributed by atoms with E-state index in [1.54, 1.807) is 0 Å². The number of aromatic nitrogens is 1. The van der Waals surface area contributed by atoms with Crippen molar-refractivity contribution in [1.29, 1.82) is 0 Å². The molecule has 2 rings (SSSR count). The number of hydrogen-bond acceptors (Lipinski definition) is 5. The quantitative estimate of drug-likeness (QED) is 0.510. The van der Waals surface area contributed by atoms with Crippen LogP contribution in [0.3, 0.4) is 0 Å². The first-order valence-corrected chi connectivity index (χ1v) is 7.76. The third-order valence-electron chi connectivity index (χ3n) is 3.56. The molecule has 19 heavy (non-hydrogen) atoms. The molecule has 5 nitrogen and oxygen atoms in total. The van der Waals surface area contributed by atoms with E-state index in [-0.39, 0.29) is 21.4 Å². The van der Waals surface area contributed by atoms with Gasteiger partial charge in [0.15, 0.2) is 0 Å². The summed E-state index contributed by atoms with van der Waals surface area (Å²) in [7, 11) is 0. The van der Waals surface area contributed by atoms with Crippen LogP contribution in [-0.4, -0.2) is 27.5 Å². The van der Waals surface area contributed by atoms with Gasteiger partial charge >= 0.3 is 5.69 Å². The maximum atomic E-state index is 11.0. The smallest absolute Gasteiger partial charge is 0.311 e. The Balaban J connectivity index is 2.14. The molecule has 0 aromatic carbocycles. The first-order valence-electron chi connectivity index (χ1n) is 6.16. The lowest BCUT2D eigenvalue weighted by molar-refractivity contribution is -0.384. The Morgan fingerprint density at radius 2 is 2.21 bits per heavy atom. The lowest BCUT2D eigenvalue weighted by Gasteiger charge is -2.27. The predicted molar refractivity (Wildman–Crippen MR) is 79.1 cm³/mol. The Labute approximate surface area is 121 Å². The molecule has 0 radical (unpaired) electrons. The molecule has 0 unspecified atom stereocenters. The number of anilines is 1. The van der Waals surface area contributed by atoms with Crippen molar-refractivity contribution < 1.29 is 4.92 Å². The minimum Gasteiger partial charge on any atom is -0.363 e. The van der Waals surface area contributed by atoms with E-state index in [9.17, 15) is 10.1 Å². The number of nitro groups is 1. The van der Waals surface area contributed by atoms with Gasteiger partial charge in [0, 0.05) is 17.4 Å².